The average molecular weight is 431 g/mol. The standard InChI is InChI=1S/C17H22INO4/c1-6-13(16(21)23-17(3,4)5)19-14-9-7-8-12(15(14)18)10-22-11(2)20/h6-9,13,19H,1,10H2,2-5H3. The van der Waals surface area contributed by atoms with E-state index in [1.165, 1.54) is 13.0 Å². The molecule has 0 bridgehead atoms. The molecule has 0 radical (unpaired) electrons. The van der Waals surface area contributed by atoms with E-state index in [2.05, 4.69) is 34.5 Å². The van der Waals surface area contributed by atoms with E-state index in [0.717, 1.165) is 14.8 Å². The van der Waals surface area contributed by atoms with Crippen LogP contribution < -0.4 is 5.32 Å². The van der Waals surface area contributed by atoms with E-state index < -0.39 is 17.6 Å². The molecule has 0 saturated carbocycles. The maximum Gasteiger partial charge on any atom is 0.333 e. The molecule has 1 aromatic rings. The summed E-state index contributed by atoms with van der Waals surface area (Å²) < 4.78 is 11.3. The van der Waals surface area contributed by atoms with Gasteiger partial charge in [0.05, 0.1) is 0 Å². The van der Waals surface area contributed by atoms with Crippen molar-refractivity contribution >= 4 is 40.2 Å². The first-order valence-electron chi connectivity index (χ1n) is 7.16. The zero-order chi connectivity index (χ0) is 17.6. The minimum atomic E-state index is -0.660. The molecule has 1 N–H and O–H groups in total. The van der Waals surface area contributed by atoms with Crippen LogP contribution in [0.15, 0.2) is 30.9 Å². The number of carbonyl (C=O) groups excluding carboxylic acids is 2. The number of halogens is 1. The molecule has 126 valence electrons. The smallest absolute Gasteiger partial charge is 0.333 e. The van der Waals surface area contributed by atoms with Crippen molar-refractivity contribution in [3.63, 3.8) is 0 Å². The quantitative estimate of drug-likeness (QED) is 0.423. The molecule has 0 saturated heterocycles. The third kappa shape index (κ3) is 6.60. The fourth-order valence-electron chi connectivity index (χ4n) is 1.73. The lowest BCUT2D eigenvalue weighted by Gasteiger charge is -2.24. The number of hydrogen-bond acceptors (Lipinski definition) is 5. The number of rotatable bonds is 6. The third-order valence-electron chi connectivity index (χ3n) is 2.72. The Morgan fingerprint density at radius 3 is 2.57 bits per heavy atom. The Morgan fingerprint density at radius 1 is 1.39 bits per heavy atom. The number of benzene rings is 1. The largest absolute Gasteiger partial charge is 0.461 e. The van der Waals surface area contributed by atoms with Crippen LogP contribution in [0.2, 0.25) is 0 Å². The van der Waals surface area contributed by atoms with E-state index in [0.29, 0.717) is 0 Å². The van der Waals surface area contributed by atoms with Gasteiger partial charge in [-0.15, -0.1) is 6.58 Å². The molecule has 5 nitrogen and oxygen atoms in total. The maximum absolute atomic E-state index is 12.2. The summed E-state index contributed by atoms with van der Waals surface area (Å²) in [7, 11) is 0. The molecule has 6 heteroatoms. The summed E-state index contributed by atoms with van der Waals surface area (Å²) in [6.07, 6.45) is 1.50. The number of ether oxygens (including phenoxy) is 2. The zero-order valence-electron chi connectivity index (χ0n) is 13.8. The minimum absolute atomic E-state index is 0.189. The second-order valence-corrected chi connectivity index (χ2v) is 7.03. The Kier molecular flexibility index (Phi) is 7.05. The lowest BCUT2D eigenvalue weighted by Crippen LogP contribution is -2.35. The highest BCUT2D eigenvalue weighted by Crippen LogP contribution is 2.24. The van der Waals surface area contributed by atoms with Gasteiger partial charge in [0.25, 0.3) is 0 Å². The summed E-state index contributed by atoms with van der Waals surface area (Å²) in [6.45, 7) is 10.7. The van der Waals surface area contributed by atoms with E-state index in [9.17, 15) is 9.59 Å². The summed E-state index contributed by atoms with van der Waals surface area (Å²) in [6, 6.07) is 4.89. The van der Waals surface area contributed by atoms with Crippen molar-refractivity contribution in [1.82, 2.24) is 0 Å². The second kappa shape index (κ2) is 8.33. The highest BCUT2D eigenvalue weighted by Gasteiger charge is 2.23. The van der Waals surface area contributed by atoms with E-state index in [1.54, 1.807) is 0 Å². The van der Waals surface area contributed by atoms with Gasteiger partial charge in [0.2, 0.25) is 0 Å². The van der Waals surface area contributed by atoms with Crippen molar-refractivity contribution in [1.29, 1.82) is 0 Å². The van der Waals surface area contributed by atoms with Gasteiger partial charge >= 0.3 is 11.9 Å². The fourth-order valence-corrected chi connectivity index (χ4v) is 2.40. The molecule has 0 heterocycles. The van der Waals surface area contributed by atoms with Crippen LogP contribution >= 0.6 is 22.6 Å². The Hall–Kier alpha value is -1.57. The number of hydrogen-bond donors (Lipinski definition) is 1. The molecule has 0 amide bonds. The molecular weight excluding hydrogens is 409 g/mol. The van der Waals surface area contributed by atoms with Gasteiger partial charge < -0.3 is 14.8 Å². The molecule has 0 aliphatic heterocycles. The SMILES string of the molecule is C=CC(Nc1cccc(COC(C)=O)c1I)C(=O)OC(C)(C)C. The Morgan fingerprint density at radius 2 is 2.04 bits per heavy atom. The molecule has 1 rings (SSSR count). The van der Waals surface area contributed by atoms with E-state index in [1.807, 2.05) is 39.0 Å². The summed E-state index contributed by atoms with van der Waals surface area (Å²) >= 11 is 2.15. The van der Waals surface area contributed by atoms with Gasteiger partial charge in [-0.2, -0.15) is 0 Å². The number of carbonyl (C=O) groups is 2. The Bertz CT molecular complexity index is 593. The van der Waals surface area contributed by atoms with Crippen molar-refractivity contribution in [2.75, 3.05) is 5.32 Å². The van der Waals surface area contributed by atoms with Crippen LogP contribution in [-0.4, -0.2) is 23.6 Å². The van der Waals surface area contributed by atoms with Crippen LogP contribution in [0.25, 0.3) is 0 Å². The highest BCUT2D eigenvalue weighted by atomic mass is 127. The molecule has 23 heavy (non-hydrogen) atoms. The number of anilines is 1. The van der Waals surface area contributed by atoms with Crippen molar-refractivity contribution in [3.8, 4) is 0 Å². The summed E-state index contributed by atoms with van der Waals surface area (Å²) in [5.41, 5.74) is 1.05. The van der Waals surface area contributed by atoms with Gasteiger partial charge in [0.1, 0.15) is 18.2 Å². The van der Waals surface area contributed by atoms with Gasteiger partial charge in [0.15, 0.2) is 0 Å². The maximum atomic E-state index is 12.2. The Balaban J connectivity index is 2.89. The molecule has 1 atom stereocenters. The molecule has 1 aromatic carbocycles. The van der Waals surface area contributed by atoms with Crippen molar-refractivity contribution in [3.05, 3.63) is 40.0 Å². The van der Waals surface area contributed by atoms with E-state index >= 15 is 0 Å². The number of nitrogens with one attached hydrogen (secondary N) is 1. The normalized spacial score (nSPS) is 12.2. The van der Waals surface area contributed by atoms with Crippen LogP contribution in [0.1, 0.15) is 33.3 Å². The van der Waals surface area contributed by atoms with Crippen molar-refractivity contribution in [2.24, 2.45) is 0 Å². The Labute approximate surface area is 150 Å². The van der Waals surface area contributed by atoms with Gasteiger partial charge in [-0.25, -0.2) is 4.79 Å². The lowest BCUT2D eigenvalue weighted by atomic mass is 10.1. The minimum Gasteiger partial charge on any atom is -0.461 e. The predicted octanol–water partition coefficient (Wildman–Crippen LogP) is 3.66. The van der Waals surface area contributed by atoms with Crippen LogP contribution in [-0.2, 0) is 25.7 Å². The summed E-state index contributed by atoms with van der Waals surface area (Å²) in [4.78, 5) is 23.1. The molecule has 0 aromatic heterocycles. The van der Waals surface area contributed by atoms with Crippen LogP contribution in [0.3, 0.4) is 0 Å². The summed E-state index contributed by atoms with van der Waals surface area (Å²) in [5, 5.41) is 3.11. The predicted molar refractivity (Wildman–Crippen MR) is 98.1 cm³/mol. The summed E-state index contributed by atoms with van der Waals surface area (Å²) in [5.74, 6) is -0.731. The third-order valence-corrected chi connectivity index (χ3v) is 3.99. The highest BCUT2D eigenvalue weighted by molar-refractivity contribution is 14.1. The van der Waals surface area contributed by atoms with Crippen LogP contribution in [0.4, 0.5) is 5.69 Å². The first-order valence-corrected chi connectivity index (χ1v) is 8.24. The first kappa shape index (κ1) is 19.5. The average Bonchev–Trinajstić information content (AvgIpc) is 2.42. The molecule has 1 unspecified atom stereocenters. The topological polar surface area (TPSA) is 64.6 Å². The van der Waals surface area contributed by atoms with Crippen molar-refractivity contribution < 1.29 is 19.1 Å². The second-order valence-electron chi connectivity index (χ2n) is 5.95. The first-order chi connectivity index (χ1) is 10.6. The van der Waals surface area contributed by atoms with Gasteiger partial charge in [-0.1, -0.05) is 18.2 Å². The lowest BCUT2D eigenvalue weighted by molar-refractivity contribution is -0.154. The van der Waals surface area contributed by atoms with Gasteiger partial charge in [-0.05, 0) is 49.4 Å². The van der Waals surface area contributed by atoms with E-state index in [-0.39, 0.29) is 12.6 Å². The zero-order valence-corrected chi connectivity index (χ0v) is 16.0. The molecule has 0 spiro atoms. The van der Waals surface area contributed by atoms with Crippen LogP contribution in [0.5, 0.6) is 0 Å². The fraction of sp³-hybridized carbons (Fsp3) is 0.412. The van der Waals surface area contributed by atoms with Crippen molar-refractivity contribution in [2.45, 2.75) is 45.9 Å². The molecule has 0 aliphatic rings. The van der Waals surface area contributed by atoms with E-state index in [4.69, 9.17) is 9.47 Å². The molecule has 0 fully saturated rings. The monoisotopic (exact) mass is 431 g/mol. The number of esters is 2. The van der Waals surface area contributed by atoms with Crippen LogP contribution in [0, 0.1) is 3.57 Å². The van der Waals surface area contributed by atoms with Gasteiger partial charge in [-0.3, -0.25) is 4.79 Å². The van der Waals surface area contributed by atoms with Gasteiger partial charge in [0, 0.05) is 21.7 Å². The molecule has 0 aliphatic carbocycles. The molecular formula is C17H22INO4.